The molecule has 2 atom stereocenters. The summed E-state index contributed by atoms with van der Waals surface area (Å²) < 4.78 is 0. The van der Waals surface area contributed by atoms with Crippen molar-refractivity contribution in [2.45, 2.75) is 31.2 Å². The molecule has 3 N–H and O–H groups in total. The highest BCUT2D eigenvalue weighted by Crippen LogP contribution is 2.51. The largest absolute Gasteiger partial charge is 0.325 e. The van der Waals surface area contributed by atoms with Crippen LogP contribution in [-0.2, 0) is 0 Å². The zero-order valence-electron chi connectivity index (χ0n) is 15.5. The molecule has 3 heteroatoms. The van der Waals surface area contributed by atoms with Crippen LogP contribution in [0, 0.1) is 0 Å². The fourth-order valence-corrected chi connectivity index (χ4v) is 3.63. The van der Waals surface area contributed by atoms with Crippen molar-refractivity contribution in [3.05, 3.63) is 90.0 Å². The van der Waals surface area contributed by atoms with Gasteiger partial charge >= 0.3 is 0 Å². The molecule has 4 rings (SSSR count). The summed E-state index contributed by atoms with van der Waals surface area (Å²) in [7, 11) is 0. The third-order valence-electron chi connectivity index (χ3n) is 5.58. The molecule has 3 aromatic rings. The number of hydrogen-bond donors (Lipinski definition) is 2. The minimum atomic E-state index is -0.103. The molecule has 27 heavy (non-hydrogen) atoms. The molecule has 1 aliphatic carbocycles. The van der Waals surface area contributed by atoms with Crippen LogP contribution in [0.3, 0.4) is 0 Å². The van der Waals surface area contributed by atoms with E-state index in [4.69, 9.17) is 5.73 Å². The van der Waals surface area contributed by atoms with E-state index in [0.29, 0.717) is 11.5 Å². The van der Waals surface area contributed by atoms with Crippen LogP contribution in [-0.4, -0.2) is 11.4 Å². The van der Waals surface area contributed by atoms with Crippen LogP contribution < -0.4 is 11.1 Å². The van der Waals surface area contributed by atoms with E-state index in [1.807, 2.05) is 66.7 Å². The van der Waals surface area contributed by atoms with E-state index in [1.165, 1.54) is 5.56 Å². The molecule has 1 aliphatic rings. The Hall–Kier alpha value is -2.91. The first-order valence-corrected chi connectivity index (χ1v) is 9.45. The normalized spacial score (nSPS) is 20.9. The number of nitrogens with one attached hydrogen (secondary N) is 1. The Labute approximate surface area is 160 Å². The SMILES string of the molecule is CC[C@@]1(N)C[C@H]1c1ccc(NC(=O)c2cccc(-c3ccccc3)c2)cc1. The van der Waals surface area contributed by atoms with Crippen LogP contribution in [0.5, 0.6) is 0 Å². The van der Waals surface area contributed by atoms with Crippen molar-refractivity contribution in [1.29, 1.82) is 0 Å². The van der Waals surface area contributed by atoms with Crippen LogP contribution >= 0.6 is 0 Å². The maximum absolute atomic E-state index is 12.6. The number of nitrogens with two attached hydrogens (primary N) is 1. The topological polar surface area (TPSA) is 55.1 Å². The third kappa shape index (κ3) is 3.64. The van der Waals surface area contributed by atoms with E-state index in [-0.39, 0.29) is 11.4 Å². The van der Waals surface area contributed by atoms with Crippen LogP contribution in [0.1, 0.15) is 41.6 Å². The average Bonchev–Trinajstić information content (AvgIpc) is 3.41. The van der Waals surface area contributed by atoms with Crippen molar-refractivity contribution in [3.63, 3.8) is 0 Å². The Balaban J connectivity index is 1.47. The Bertz CT molecular complexity index is 950. The van der Waals surface area contributed by atoms with Crippen molar-refractivity contribution >= 4 is 11.6 Å². The lowest BCUT2D eigenvalue weighted by atomic mass is 10.0. The second kappa shape index (κ2) is 7.01. The van der Waals surface area contributed by atoms with Gasteiger partial charge in [0.2, 0.25) is 0 Å². The molecule has 0 aliphatic heterocycles. The summed E-state index contributed by atoms with van der Waals surface area (Å²) in [6.07, 6.45) is 2.04. The first-order valence-electron chi connectivity index (χ1n) is 9.45. The predicted molar refractivity (Wildman–Crippen MR) is 111 cm³/mol. The Kier molecular flexibility index (Phi) is 4.54. The maximum Gasteiger partial charge on any atom is 0.255 e. The molecule has 3 nitrogen and oxygen atoms in total. The highest BCUT2D eigenvalue weighted by Gasteiger charge is 2.49. The maximum atomic E-state index is 12.6. The first-order chi connectivity index (χ1) is 13.1. The molecule has 136 valence electrons. The fraction of sp³-hybridized carbons (Fsp3) is 0.208. The van der Waals surface area contributed by atoms with Gasteiger partial charge < -0.3 is 11.1 Å². The number of rotatable bonds is 5. The minimum absolute atomic E-state index is 0.0390. The van der Waals surface area contributed by atoms with Crippen LogP contribution in [0.15, 0.2) is 78.9 Å². The van der Waals surface area contributed by atoms with Crippen molar-refractivity contribution < 1.29 is 4.79 Å². The molecule has 0 unspecified atom stereocenters. The molecule has 3 aromatic carbocycles. The zero-order valence-corrected chi connectivity index (χ0v) is 15.5. The van der Waals surface area contributed by atoms with Gasteiger partial charge in [0.15, 0.2) is 0 Å². The number of anilines is 1. The van der Waals surface area contributed by atoms with E-state index in [0.717, 1.165) is 29.7 Å². The van der Waals surface area contributed by atoms with Gasteiger partial charge in [0, 0.05) is 22.7 Å². The molecular weight excluding hydrogens is 332 g/mol. The summed E-state index contributed by atoms with van der Waals surface area (Å²) >= 11 is 0. The highest BCUT2D eigenvalue weighted by atomic mass is 16.1. The van der Waals surface area contributed by atoms with Gasteiger partial charge in [0.05, 0.1) is 0 Å². The molecule has 1 amide bonds. The molecule has 0 heterocycles. The standard InChI is InChI=1S/C24H24N2O/c1-2-24(25)16-22(24)18-11-13-21(14-12-18)26-23(27)20-10-6-9-19(15-20)17-7-4-3-5-8-17/h3-15,22H,2,16,25H2,1H3,(H,26,27)/t22-,24+/m0/s1. The van der Waals surface area contributed by atoms with Crippen molar-refractivity contribution in [2.75, 3.05) is 5.32 Å². The minimum Gasteiger partial charge on any atom is -0.325 e. The Morgan fingerprint density at radius 3 is 2.37 bits per heavy atom. The number of benzene rings is 3. The number of amides is 1. The van der Waals surface area contributed by atoms with E-state index < -0.39 is 0 Å². The second-order valence-corrected chi connectivity index (χ2v) is 7.37. The van der Waals surface area contributed by atoms with Gasteiger partial charge in [0.25, 0.3) is 5.91 Å². The Morgan fingerprint density at radius 1 is 1.00 bits per heavy atom. The van der Waals surface area contributed by atoms with Gasteiger partial charge in [-0.25, -0.2) is 0 Å². The van der Waals surface area contributed by atoms with E-state index >= 15 is 0 Å². The fourth-order valence-electron chi connectivity index (χ4n) is 3.63. The number of carbonyl (C=O) groups excluding carboxylic acids is 1. The molecule has 0 saturated heterocycles. The smallest absolute Gasteiger partial charge is 0.255 e. The molecule has 1 fully saturated rings. The lowest BCUT2D eigenvalue weighted by Crippen LogP contribution is -2.22. The average molecular weight is 356 g/mol. The molecule has 0 spiro atoms. The summed E-state index contributed by atoms with van der Waals surface area (Å²) in [5.41, 5.74) is 11.1. The van der Waals surface area contributed by atoms with E-state index in [9.17, 15) is 4.79 Å². The van der Waals surface area contributed by atoms with Gasteiger partial charge in [-0.05, 0) is 53.8 Å². The predicted octanol–water partition coefficient (Wildman–Crippen LogP) is 5.20. The highest BCUT2D eigenvalue weighted by molar-refractivity contribution is 6.05. The summed E-state index contributed by atoms with van der Waals surface area (Å²) in [6, 6.07) is 25.8. The lowest BCUT2D eigenvalue weighted by Gasteiger charge is -2.10. The van der Waals surface area contributed by atoms with Gasteiger partial charge in [-0.1, -0.05) is 61.5 Å². The summed E-state index contributed by atoms with van der Waals surface area (Å²) in [5, 5.41) is 2.99. The molecule has 0 radical (unpaired) electrons. The van der Waals surface area contributed by atoms with E-state index in [1.54, 1.807) is 0 Å². The van der Waals surface area contributed by atoms with Crippen molar-refractivity contribution in [2.24, 2.45) is 5.73 Å². The first kappa shape index (κ1) is 17.5. The van der Waals surface area contributed by atoms with Crippen LogP contribution in [0.25, 0.3) is 11.1 Å². The van der Waals surface area contributed by atoms with Gasteiger partial charge in [-0.15, -0.1) is 0 Å². The third-order valence-corrected chi connectivity index (χ3v) is 5.58. The van der Waals surface area contributed by atoms with Gasteiger partial charge in [-0.3, -0.25) is 4.79 Å². The summed E-state index contributed by atoms with van der Waals surface area (Å²) in [4.78, 5) is 12.6. The summed E-state index contributed by atoms with van der Waals surface area (Å²) in [6.45, 7) is 2.14. The summed E-state index contributed by atoms with van der Waals surface area (Å²) in [5.74, 6) is 0.337. The zero-order chi connectivity index (χ0) is 18.9. The lowest BCUT2D eigenvalue weighted by molar-refractivity contribution is 0.102. The van der Waals surface area contributed by atoms with E-state index in [2.05, 4.69) is 24.4 Å². The monoisotopic (exact) mass is 356 g/mol. The molecular formula is C24H24N2O. The van der Waals surface area contributed by atoms with Gasteiger partial charge in [-0.2, -0.15) is 0 Å². The second-order valence-electron chi connectivity index (χ2n) is 7.37. The van der Waals surface area contributed by atoms with Gasteiger partial charge in [0.1, 0.15) is 0 Å². The van der Waals surface area contributed by atoms with Crippen LogP contribution in [0.4, 0.5) is 5.69 Å². The van der Waals surface area contributed by atoms with Crippen molar-refractivity contribution in [1.82, 2.24) is 0 Å². The van der Waals surface area contributed by atoms with Crippen LogP contribution in [0.2, 0.25) is 0 Å². The number of hydrogen-bond acceptors (Lipinski definition) is 2. The van der Waals surface area contributed by atoms with Crippen molar-refractivity contribution in [3.8, 4) is 11.1 Å². The quantitative estimate of drug-likeness (QED) is 0.660. The number of carbonyl (C=O) groups is 1. The molecule has 0 bridgehead atoms. The molecule has 1 saturated carbocycles. The molecule has 0 aromatic heterocycles. The Morgan fingerprint density at radius 2 is 1.70 bits per heavy atom.